The Bertz CT molecular complexity index is 60.3. The molecule has 0 aliphatic carbocycles. The molecule has 0 aliphatic heterocycles. The maximum atomic E-state index is 8.68. The van der Waals surface area contributed by atoms with Crippen LogP contribution < -0.4 is 0 Å². The predicted octanol–water partition coefficient (Wildman–Crippen LogP) is 1.43. The van der Waals surface area contributed by atoms with E-state index in [0.29, 0.717) is 0 Å². The van der Waals surface area contributed by atoms with Crippen LogP contribution in [-0.2, 0) is 23.7 Å². The van der Waals surface area contributed by atoms with E-state index in [4.69, 9.17) is 13.5 Å². The zero-order valence-corrected chi connectivity index (χ0v) is 9.77. The van der Waals surface area contributed by atoms with E-state index in [1.54, 1.807) is 6.92 Å². The zero-order chi connectivity index (χ0) is 10.4. The van der Waals surface area contributed by atoms with Gasteiger partial charge in [0.1, 0.15) is 0 Å². The minimum atomic E-state index is -0.0973. The van der Waals surface area contributed by atoms with Gasteiger partial charge in [0.05, 0.1) is 6.10 Å². The third-order valence-corrected chi connectivity index (χ3v) is 0.975. The predicted molar refractivity (Wildman–Crippen MR) is 44.7 cm³/mol. The molecule has 0 aromatic rings. The average molecular weight is 212 g/mol. The Balaban J connectivity index is -0.000000137. The van der Waals surface area contributed by atoms with Crippen LogP contribution >= 0.6 is 0 Å². The molecule has 0 saturated carbocycles. The summed E-state index contributed by atoms with van der Waals surface area (Å²) in [5, 5.41) is 16.3. The Morgan fingerprint density at radius 3 is 1.75 bits per heavy atom. The van der Waals surface area contributed by atoms with Crippen LogP contribution in [0.5, 0.6) is 0 Å². The Morgan fingerprint density at radius 2 is 1.67 bits per heavy atom. The molecule has 74 valence electrons. The van der Waals surface area contributed by atoms with Crippen molar-refractivity contribution in [3.63, 3.8) is 0 Å². The molecule has 0 rings (SSSR count). The first-order valence-corrected chi connectivity index (χ1v) is 4.82. The molecule has 0 fully saturated rings. The quantitative estimate of drug-likeness (QED) is 0.696. The molecule has 0 bridgehead atoms. The Morgan fingerprint density at radius 1 is 1.33 bits per heavy atom. The summed E-state index contributed by atoms with van der Waals surface area (Å²) in [7, 11) is 0. The van der Waals surface area contributed by atoms with E-state index in [1.807, 2.05) is 6.92 Å². The van der Waals surface area contributed by atoms with Gasteiger partial charge in [0, 0.05) is 6.61 Å². The van der Waals surface area contributed by atoms with Crippen molar-refractivity contribution < 1.29 is 33.9 Å². The van der Waals surface area contributed by atoms with E-state index >= 15 is 0 Å². The molecule has 4 heteroatoms. The summed E-state index contributed by atoms with van der Waals surface area (Å²) in [6, 6.07) is 0. The monoisotopic (exact) mass is 212 g/mol. The normalized spacial score (nSPS) is 10.0. The van der Waals surface area contributed by atoms with Crippen molar-refractivity contribution in [2.24, 2.45) is 0 Å². The van der Waals surface area contributed by atoms with Gasteiger partial charge in [-0.25, -0.2) is 0 Å². The van der Waals surface area contributed by atoms with Crippen LogP contribution in [0.25, 0.3) is 0 Å². The summed E-state index contributed by atoms with van der Waals surface area (Å²) < 4.78 is 8.25. The molecule has 0 amide bonds. The van der Waals surface area contributed by atoms with Crippen LogP contribution in [0.4, 0.5) is 0 Å². The third-order valence-electron chi connectivity index (χ3n) is 0.975. The summed E-state index contributed by atoms with van der Waals surface area (Å²) in [6.07, 6.45) is 3.19. The van der Waals surface area contributed by atoms with Crippen molar-refractivity contribution in [3.8, 4) is 0 Å². The van der Waals surface area contributed by atoms with Gasteiger partial charge < -0.3 is 10.2 Å². The van der Waals surface area contributed by atoms with Gasteiger partial charge in [-0.15, -0.1) is 0 Å². The molecule has 0 radical (unpaired) electrons. The minimum absolute atomic E-state index is 0.0973. The first kappa shape index (κ1) is 18.3. The average Bonchev–Trinajstić information content (AvgIpc) is 2.06. The molecule has 0 aromatic carbocycles. The molecule has 1 atom stereocenters. The number of rotatable bonds is 3. The fourth-order valence-corrected chi connectivity index (χ4v) is 0.500. The Labute approximate surface area is 86.9 Å². The standard InChI is InChI=1S/C6H14O.C2H6O.O.Ti/c1-3-4-5-6(2)7;1-2-3;;/h6-7H,3-5H2,1-2H3;3H,2H2,1H3;;. The summed E-state index contributed by atoms with van der Waals surface area (Å²) in [5.41, 5.74) is 0. The molecule has 1 unspecified atom stereocenters. The van der Waals surface area contributed by atoms with Crippen LogP contribution in [0.2, 0.25) is 0 Å². The van der Waals surface area contributed by atoms with Gasteiger partial charge in [-0.3, -0.25) is 0 Å². The fraction of sp³-hybridized carbons (Fsp3) is 1.00. The van der Waals surface area contributed by atoms with E-state index in [0.717, 1.165) is 33.2 Å². The topological polar surface area (TPSA) is 57.5 Å². The second-order valence-electron chi connectivity index (χ2n) is 2.31. The Hall–Kier alpha value is 0.434. The molecular formula is C8H20O3Ti. The van der Waals surface area contributed by atoms with E-state index in [1.165, 1.54) is 6.42 Å². The first-order chi connectivity index (χ1) is 5.68. The molecule has 0 aromatic heterocycles. The number of hydrogen-bond acceptors (Lipinski definition) is 3. The van der Waals surface area contributed by atoms with Crippen molar-refractivity contribution in [3.05, 3.63) is 0 Å². The third kappa shape index (κ3) is 47.2. The van der Waals surface area contributed by atoms with Crippen molar-refractivity contribution in [1.82, 2.24) is 0 Å². The molecule has 0 heterocycles. The summed E-state index contributed by atoms with van der Waals surface area (Å²) >= 11 is 0.750. The van der Waals surface area contributed by atoms with Crippen LogP contribution in [0.3, 0.4) is 0 Å². The molecule has 12 heavy (non-hydrogen) atoms. The van der Waals surface area contributed by atoms with Gasteiger partial charge in [0.15, 0.2) is 0 Å². The number of aliphatic hydroxyl groups is 2. The van der Waals surface area contributed by atoms with E-state index < -0.39 is 0 Å². The summed E-state index contributed by atoms with van der Waals surface area (Å²) in [5.74, 6) is 0. The first-order valence-electron chi connectivity index (χ1n) is 4.18. The molecule has 3 nitrogen and oxygen atoms in total. The van der Waals surface area contributed by atoms with Crippen LogP contribution in [-0.4, -0.2) is 22.9 Å². The van der Waals surface area contributed by atoms with Crippen molar-refractivity contribution in [2.75, 3.05) is 6.61 Å². The van der Waals surface area contributed by atoms with Gasteiger partial charge in [-0.1, -0.05) is 19.8 Å². The summed E-state index contributed by atoms with van der Waals surface area (Å²) in [4.78, 5) is 0. The van der Waals surface area contributed by atoms with E-state index in [9.17, 15) is 0 Å². The van der Waals surface area contributed by atoms with Crippen LogP contribution in [0.1, 0.15) is 40.0 Å². The van der Waals surface area contributed by atoms with Gasteiger partial charge in [-0.2, -0.15) is 0 Å². The van der Waals surface area contributed by atoms with Gasteiger partial charge >= 0.3 is 23.7 Å². The number of aliphatic hydroxyl groups excluding tert-OH is 2. The molecule has 0 saturated heterocycles. The molecule has 0 aliphatic rings. The van der Waals surface area contributed by atoms with Gasteiger partial charge in [0.25, 0.3) is 0 Å². The van der Waals surface area contributed by atoms with Crippen LogP contribution in [0.15, 0.2) is 0 Å². The molecular weight excluding hydrogens is 192 g/mol. The van der Waals surface area contributed by atoms with Crippen molar-refractivity contribution >= 4 is 0 Å². The number of hydrogen-bond donors (Lipinski definition) is 2. The van der Waals surface area contributed by atoms with Crippen LogP contribution in [0, 0.1) is 0 Å². The number of unbranched alkanes of at least 4 members (excludes halogenated alkanes) is 1. The van der Waals surface area contributed by atoms with Gasteiger partial charge in [-0.05, 0) is 20.3 Å². The Kier molecular flexibility index (Phi) is 34.3. The zero-order valence-electron chi connectivity index (χ0n) is 8.21. The second kappa shape index (κ2) is 22.5. The maximum absolute atomic E-state index is 8.68. The molecule has 0 spiro atoms. The van der Waals surface area contributed by atoms with E-state index in [2.05, 4.69) is 6.92 Å². The van der Waals surface area contributed by atoms with Gasteiger partial charge in [0.2, 0.25) is 0 Å². The van der Waals surface area contributed by atoms with Crippen molar-refractivity contribution in [2.45, 2.75) is 46.1 Å². The fourth-order valence-electron chi connectivity index (χ4n) is 0.500. The summed E-state index contributed by atoms with van der Waals surface area (Å²) in [6.45, 7) is 5.89. The second-order valence-corrected chi connectivity index (χ2v) is 2.31. The van der Waals surface area contributed by atoms with E-state index in [-0.39, 0.29) is 12.7 Å². The molecule has 2 N–H and O–H groups in total. The SMILES string of the molecule is CCCCC(C)O.CCO.[O]=[Ti]. The van der Waals surface area contributed by atoms with Crippen molar-refractivity contribution in [1.29, 1.82) is 0 Å².